The molecule has 1 rings (SSSR count). The van der Waals surface area contributed by atoms with Gasteiger partial charge in [0.25, 0.3) is 5.78 Å². The molecule has 0 aliphatic heterocycles. The second-order valence-corrected chi connectivity index (χ2v) is 4.18. The minimum atomic E-state index is -4.80. The molecule has 1 nitrogen and oxygen atoms in total. The first-order chi connectivity index (χ1) is 8.35. The van der Waals surface area contributed by atoms with Gasteiger partial charge in [-0.2, -0.15) is 13.2 Å². The summed E-state index contributed by atoms with van der Waals surface area (Å²) in [6.07, 6.45) is -3.20. The Kier molecular flexibility index (Phi) is 4.54. The summed E-state index contributed by atoms with van der Waals surface area (Å²) >= 11 is 0. The third-order valence-corrected chi connectivity index (χ3v) is 3.02. The summed E-state index contributed by atoms with van der Waals surface area (Å²) in [7, 11) is 0. The monoisotopic (exact) mass is 258 g/mol. The van der Waals surface area contributed by atoms with Crippen LogP contribution in [0.15, 0.2) is 12.1 Å². The lowest BCUT2D eigenvalue weighted by Gasteiger charge is -2.15. The van der Waals surface area contributed by atoms with Crippen molar-refractivity contribution in [3.05, 3.63) is 34.4 Å². The second kappa shape index (κ2) is 5.55. The van der Waals surface area contributed by atoms with E-state index in [1.165, 1.54) is 0 Å². The predicted octanol–water partition coefficient (Wildman–Crippen LogP) is 4.12. The largest absolute Gasteiger partial charge is 0.454 e. The molecule has 4 heteroatoms. The maximum Gasteiger partial charge on any atom is 0.454 e. The summed E-state index contributed by atoms with van der Waals surface area (Å²) < 4.78 is 37.8. The van der Waals surface area contributed by atoms with Gasteiger partial charge < -0.3 is 0 Å². The molecule has 0 amide bonds. The Morgan fingerprint density at radius 3 is 1.72 bits per heavy atom. The Bertz CT molecular complexity index is 422. The molecule has 0 aromatic heterocycles. The molecule has 0 aliphatic carbocycles. The molecule has 18 heavy (non-hydrogen) atoms. The van der Waals surface area contributed by atoms with Gasteiger partial charge in [0.15, 0.2) is 0 Å². The lowest BCUT2D eigenvalue weighted by Crippen LogP contribution is -2.25. The van der Waals surface area contributed by atoms with E-state index in [0.29, 0.717) is 24.0 Å². The molecule has 1 aromatic rings. The van der Waals surface area contributed by atoms with Gasteiger partial charge in [0, 0.05) is 5.56 Å². The Hall–Kier alpha value is -1.32. The lowest BCUT2D eigenvalue weighted by atomic mass is 9.91. The number of halogens is 3. The fourth-order valence-corrected chi connectivity index (χ4v) is 2.04. The first-order valence-corrected chi connectivity index (χ1v) is 6.11. The highest BCUT2D eigenvalue weighted by molar-refractivity contribution is 6.02. The number of hydrogen-bond donors (Lipinski definition) is 0. The summed E-state index contributed by atoms with van der Waals surface area (Å²) in [4.78, 5) is 11.5. The fourth-order valence-electron chi connectivity index (χ4n) is 2.04. The third kappa shape index (κ3) is 2.92. The molecule has 0 spiro atoms. The molecule has 0 aliphatic rings. The van der Waals surface area contributed by atoms with Gasteiger partial charge in [-0.3, -0.25) is 4.79 Å². The van der Waals surface area contributed by atoms with Crippen LogP contribution in [0.5, 0.6) is 0 Å². The molecule has 0 N–H and O–H groups in total. The molecule has 100 valence electrons. The summed E-state index contributed by atoms with van der Waals surface area (Å²) in [6, 6.07) is 3.41. The van der Waals surface area contributed by atoms with Crippen LogP contribution in [0.3, 0.4) is 0 Å². The van der Waals surface area contributed by atoms with Crippen molar-refractivity contribution in [1.82, 2.24) is 0 Å². The highest BCUT2D eigenvalue weighted by Crippen LogP contribution is 2.28. The summed E-state index contributed by atoms with van der Waals surface area (Å²) in [5.74, 6) is -1.72. The highest BCUT2D eigenvalue weighted by atomic mass is 19.4. The maximum absolute atomic E-state index is 12.6. The second-order valence-electron chi connectivity index (χ2n) is 4.18. The topological polar surface area (TPSA) is 17.1 Å². The van der Waals surface area contributed by atoms with E-state index in [-0.39, 0.29) is 5.56 Å². The van der Waals surface area contributed by atoms with Crippen LogP contribution >= 0.6 is 0 Å². The molecule has 0 atom stereocenters. The number of rotatable bonds is 4. The van der Waals surface area contributed by atoms with E-state index < -0.39 is 12.0 Å². The molecule has 0 heterocycles. The van der Waals surface area contributed by atoms with Crippen LogP contribution in [0.4, 0.5) is 13.2 Å². The number of carbonyl (C=O) groups excluding carboxylic acids is 1. The van der Waals surface area contributed by atoms with E-state index in [1.807, 2.05) is 6.92 Å². The van der Waals surface area contributed by atoms with Gasteiger partial charge in [0.05, 0.1) is 0 Å². The average molecular weight is 258 g/mol. The highest BCUT2D eigenvalue weighted by Gasteiger charge is 2.41. The fraction of sp³-hybridized carbons (Fsp3) is 0.500. The Labute approximate surface area is 105 Å². The lowest BCUT2D eigenvalue weighted by molar-refractivity contribution is -0.0886. The van der Waals surface area contributed by atoms with E-state index in [0.717, 1.165) is 12.0 Å². The molecule has 0 fully saturated rings. The molecule has 0 bridgehead atoms. The zero-order chi connectivity index (χ0) is 13.9. The van der Waals surface area contributed by atoms with Gasteiger partial charge in [0.2, 0.25) is 0 Å². The van der Waals surface area contributed by atoms with Crippen molar-refractivity contribution in [1.29, 1.82) is 0 Å². The minimum absolute atomic E-state index is 0.148. The van der Waals surface area contributed by atoms with Crippen molar-refractivity contribution < 1.29 is 18.0 Å². The van der Waals surface area contributed by atoms with E-state index in [9.17, 15) is 18.0 Å². The molecule has 0 unspecified atom stereocenters. The first kappa shape index (κ1) is 14.7. The van der Waals surface area contributed by atoms with Crippen LogP contribution < -0.4 is 0 Å². The predicted molar refractivity (Wildman–Crippen MR) is 65.0 cm³/mol. The normalized spacial score (nSPS) is 11.7. The van der Waals surface area contributed by atoms with Gasteiger partial charge in [-0.05, 0) is 36.0 Å². The maximum atomic E-state index is 12.6. The van der Waals surface area contributed by atoms with Crippen LogP contribution in [0.1, 0.15) is 47.8 Å². The number of aryl methyl sites for hydroxylation is 3. The Balaban J connectivity index is 3.45. The minimum Gasteiger partial charge on any atom is -0.284 e. The van der Waals surface area contributed by atoms with Gasteiger partial charge >= 0.3 is 6.18 Å². The van der Waals surface area contributed by atoms with Crippen molar-refractivity contribution >= 4 is 5.78 Å². The van der Waals surface area contributed by atoms with E-state index in [2.05, 4.69) is 0 Å². The number of alkyl halides is 3. The summed E-state index contributed by atoms with van der Waals surface area (Å²) in [5, 5.41) is 0. The van der Waals surface area contributed by atoms with E-state index in [4.69, 9.17) is 0 Å². The van der Waals surface area contributed by atoms with Crippen molar-refractivity contribution in [3.63, 3.8) is 0 Å². The Morgan fingerprint density at radius 2 is 1.44 bits per heavy atom. The number of ketones is 1. The Morgan fingerprint density at radius 1 is 1.00 bits per heavy atom. The quantitative estimate of drug-likeness (QED) is 0.742. The molecule has 0 saturated carbocycles. The van der Waals surface area contributed by atoms with Crippen LogP contribution in [-0.2, 0) is 19.3 Å². The third-order valence-electron chi connectivity index (χ3n) is 3.02. The molecule has 0 saturated heterocycles. The van der Waals surface area contributed by atoms with Crippen molar-refractivity contribution in [2.75, 3.05) is 0 Å². The van der Waals surface area contributed by atoms with Crippen LogP contribution in [0, 0.1) is 0 Å². The van der Waals surface area contributed by atoms with Crippen LogP contribution in [0.2, 0.25) is 0 Å². The van der Waals surface area contributed by atoms with Gasteiger partial charge in [-0.15, -0.1) is 0 Å². The zero-order valence-electron chi connectivity index (χ0n) is 10.8. The number of benzene rings is 1. The van der Waals surface area contributed by atoms with Crippen LogP contribution in [-0.4, -0.2) is 12.0 Å². The molecular formula is C14H17F3O. The summed E-state index contributed by atoms with van der Waals surface area (Å²) in [5.41, 5.74) is 1.81. The summed E-state index contributed by atoms with van der Waals surface area (Å²) in [6.45, 7) is 5.47. The van der Waals surface area contributed by atoms with Crippen molar-refractivity contribution in [3.8, 4) is 0 Å². The van der Waals surface area contributed by atoms with Gasteiger partial charge in [-0.1, -0.05) is 32.9 Å². The molecule has 0 radical (unpaired) electrons. The standard InChI is InChI=1S/C14H17F3O/c1-4-9-7-10(5-2)12(11(6-3)8-9)13(18)14(15,16)17/h7-8H,4-6H2,1-3H3. The SMILES string of the molecule is CCc1cc(CC)c(C(=O)C(F)(F)F)c(CC)c1. The first-order valence-electron chi connectivity index (χ1n) is 6.11. The van der Waals surface area contributed by atoms with E-state index >= 15 is 0 Å². The van der Waals surface area contributed by atoms with Crippen molar-refractivity contribution in [2.45, 2.75) is 46.2 Å². The smallest absolute Gasteiger partial charge is 0.284 e. The van der Waals surface area contributed by atoms with Crippen LogP contribution in [0.25, 0.3) is 0 Å². The molecule has 1 aromatic carbocycles. The number of Topliss-reactive ketones (excluding diaryl/α,β-unsaturated/α-hetero) is 1. The molecular weight excluding hydrogens is 241 g/mol. The van der Waals surface area contributed by atoms with Gasteiger partial charge in [0.1, 0.15) is 0 Å². The zero-order valence-corrected chi connectivity index (χ0v) is 10.8. The number of carbonyl (C=O) groups is 1. The average Bonchev–Trinajstić information content (AvgIpc) is 2.34. The van der Waals surface area contributed by atoms with Gasteiger partial charge in [-0.25, -0.2) is 0 Å². The van der Waals surface area contributed by atoms with Crippen molar-refractivity contribution in [2.24, 2.45) is 0 Å². The number of hydrogen-bond acceptors (Lipinski definition) is 1. The van der Waals surface area contributed by atoms with E-state index in [1.54, 1.807) is 26.0 Å².